The molecule has 3 aliphatic heterocycles. The number of nitrogens with one attached hydrogen (secondary N) is 3. The van der Waals surface area contributed by atoms with E-state index in [1.54, 1.807) is 17.8 Å². The fraction of sp³-hybridized carbons (Fsp3) is 0.515. The lowest BCUT2D eigenvalue weighted by Crippen LogP contribution is -2.47. The van der Waals surface area contributed by atoms with Crippen LogP contribution in [0.2, 0.25) is 0 Å². The van der Waals surface area contributed by atoms with Crippen LogP contribution in [-0.2, 0) is 20.1 Å². The van der Waals surface area contributed by atoms with Crippen LogP contribution in [0.3, 0.4) is 0 Å². The van der Waals surface area contributed by atoms with Crippen LogP contribution in [0.1, 0.15) is 44.3 Å². The first-order valence-electron chi connectivity index (χ1n) is 16.0. The second-order valence-corrected chi connectivity index (χ2v) is 13.3. The first kappa shape index (κ1) is 32.3. The molecule has 6 rings (SSSR count). The number of hydrogen-bond donors (Lipinski definition) is 3. The molecule has 0 saturated carbocycles. The van der Waals surface area contributed by atoms with Crippen molar-refractivity contribution in [2.45, 2.75) is 55.6 Å². The molecule has 3 fully saturated rings. The van der Waals surface area contributed by atoms with Gasteiger partial charge in [-0.3, -0.25) is 24.6 Å². The maximum Gasteiger partial charge on any atom is 0.261 e. The van der Waals surface area contributed by atoms with E-state index in [-0.39, 0.29) is 17.2 Å². The molecular weight excluding hydrogens is 613 g/mol. The molecule has 246 valence electrons. The molecule has 1 unspecified atom stereocenters. The Kier molecular flexibility index (Phi) is 10.7. The Hall–Kier alpha value is -3.68. The van der Waals surface area contributed by atoms with E-state index < -0.39 is 17.4 Å². The number of carbonyl (C=O) groups excluding carboxylic acids is 2. The lowest BCUT2D eigenvalue weighted by Gasteiger charge is -2.31. The number of benzene rings is 2. The molecule has 2 aromatic carbocycles. The standard InChI is InChI=1S/C33H40FN5O6S/c34-26-17-24(18-28-31(26)33(42)37-29(36-28)20-46-25-9-14-43-15-10-25)45-19-21-7-11-39(12-8-21)13-16-44-23-3-1-22(2-4-23)35-27-5-6-30(40)38-32(27)41/h1-4,17-18,21,25,27,35H,5-16,19-20H2,(H,36,37,42)(H,38,40,41). The number of anilines is 1. The molecule has 3 aliphatic rings. The molecule has 2 amide bonds. The summed E-state index contributed by atoms with van der Waals surface area (Å²) in [6.45, 7) is 5.18. The third-order valence-electron chi connectivity index (χ3n) is 8.71. The summed E-state index contributed by atoms with van der Waals surface area (Å²) in [7, 11) is 0. The highest BCUT2D eigenvalue weighted by Gasteiger charge is 2.26. The van der Waals surface area contributed by atoms with E-state index in [2.05, 4.69) is 25.5 Å². The number of imide groups is 1. The van der Waals surface area contributed by atoms with Crippen molar-refractivity contribution in [2.75, 3.05) is 51.4 Å². The van der Waals surface area contributed by atoms with Crippen molar-refractivity contribution in [1.29, 1.82) is 0 Å². The number of aromatic amines is 1. The summed E-state index contributed by atoms with van der Waals surface area (Å²) in [4.78, 5) is 45.6. The largest absolute Gasteiger partial charge is 0.493 e. The number of H-pyrrole nitrogens is 1. The van der Waals surface area contributed by atoms with E-state index >= 15 is 0 Å². The van der Waals surface area contributed by atoms with Crippen LogP contribution in [0.4, 0.5) is 10.1 Å². The smallest absolute Gasteiger partial charge is 0.261 e. The summed E-state index contributed by atoms with van der Waals surface area (Å²) < 4.78 is 32.3. The van der Waals surface area contributed by atoms with Crippen molar-refractivity contribution in [1.82, 2.24) is 20.2 Å². The van der Waals surface area contributed by atoms with Gasteiger partial charge in [0.05, 0.1) is 17.9 Å². The summed E-state index contributed by atoms with van der Waals surface area (Å²) in [5, 5.41) is 5.95. The molecule has 3 aromatic rings. The number of likely N-dealkylation sites (tertiary alicyclic amines) is 1. The second-order valence-electron chi connectivity index (χ2n) is 12.1. The fourth-order valence-corrected chi connectivity index (χ4v) is 7.06. The van der Waals surface area contributed by atoms with Gasteiger partial charge in [0.2, 0.25) is 11.8 Å². The second kappa shape index (κ2) is 15.3. The summed E-state index contributed by atoms with van der Waals surface area (Å²) in [5.74, 6) is 1.43. The molecular formula is C33H40FN5O6S. The Labute approximate surface area is 270 Å². The number of hydrogen-bond acceptors (Lipinski definition) is 10. The lowest BCUT2D eigenvalue weighted by molar-refractivity contribution is -0.133. The van der Waals surface area contributed by atoms with Gasteiger partial charge in [0.1, 0.15) is 41.2 Å². The maximum atomic E-state index is 14.9. The minimum Gasteiger partial charge on any atom is -0.493 e. The third-order valence-corrected chi connectivity index (χ3v) is 10.1. The van der Waals surface area contributed by atoms with Gasteiger partial charge in [-0.05, 0) is 75.4 Å². The molecule has 3 N–H and O–H groups in total. The summed E-state index contributed by atoms with van der Waals surface area (Å²) in [6.07, 6.45) is 4.68. The van der Waals surface area contributed by atoms with Gasteiger partial charge in [-0.25, -0.2) is 9.37 Å². The molecule has 0 aliphatic carbocycles. The van der Waals surface area contributed by atoms with Gasteiger partial charge in [-0.1, -0.05) is 0 Å². The average Bonchev–Trinajstić information content (AvgIpc) is 3.05. The minimum absolute atomic E-state index is 0.0393. The molecule has 4 heterocycles. The maximum absolute atomic E-state index is 14.9. The van der Waals surface area contributed by atoms with Crippen LogP contribution in [0.25, 0.3) is 10.9 Å². The van der Waals surface area contributed by atoms with Gasteiger partial charge in [-0.15, -0.1) is 0 Å². The highest BCUT2D eigenvalue weighted by molar-refractivity contribution is 7.99. The van der Waals surface area contributed by atoms with E-state index in [9.17, 15) is 18.8 Å². The van der Waals surface area contributed by atoms with Crippen molar-refractivity contribution >= 4 is 40.2 Å². The number of aromatic nitrogens is 2. The predicted octanol–water partition coefficient (Wildman–Crippen LogP) is 3.86. The quantitative estimate of drug-likeness (QED) is 0.248. The topological polar surface area (TPSA) is 135 Å². The van der Waals surface area contributed by atoms with Crippen molar-refractivity contribution < 1.29 is 28.2 Å². The Morgan fingerprint density at radius 3 is 2.54 bits per heavy atom. The fourth-order valence-electron chi connectivity index (χ4n) is 6.00. The monoisotopic (exact) mass is 653 g/mol. The predicted molar refractivity (Wildman–Crippen MR) is 174 cm³/mol. The lowest BCUT2D eigenvalue weighted by atomic mass is 9.98. The first-order valence-corrected chi connectivity index (χ1v) is 17.0. The van der Waals surface area contributed by atoms with E-state index in [0.29, 0.717) is 60.1 Å². The number of nitrogens with zero attached hydrogens (tertiary/aromatic N) is 2. The van der Waals surface area contributed by atoms with Gasteiger partial charge in [-0.2, -0.15) is 11.8 Å². The van der Waals surface area contributed by atoms with Crippen molar-refractivity contribution in [3.8, 4) is 11.5 Å². The molecule has 46 heavy (non-hydrogen) atoms. The normalized spacial score (nSPS) is 20.1. The molecule has 11 nitrogen and oxygen atoms in total. The number of halogens is 1. The minimum atomic E-state index is -0.625. The molecule has 13 heteroatoms. The van der Waals surface area contributed by atoms with Crippen LogP contribution in [0, 0.1) is 11.7 Å². The number of fused-ring (bicyclic) bond motifs is 1. The number of ether oxygens (including phenoxy) is 3. The number of piperidine rings is 2. The zero-order chi connectivity index (χ0) is 31.9. The summed E-state index contributed by atoms with van der Waals surface area (Å²) in [6, 6.07) is 10.00. The molecule has 0 spiro atoms. The number of rotatable bonds is 12. The zero-order valence-electron chi connectivity index (χ0n) is 25.7. The van der Waals surface area contributed by atoms with E-state index in [0.717, 1.165) is 70.0 Å². The van der Waals surface area contributed by atoms with Gasteiger partial charge in [0.25, 0.3) is 5.56 Å². The van der Waals surface area contributed by atoms with Crippen LogP contribution < -0.4 is 25.7 Å². The third kappa shape index (κ3) is 8.56. The van der Waals surface area contributed by atoms with Gasteiger partial charge in [0, 0.05) is 49.2 Å². The van der Waals surface area contributed by atoms with E-state index in [4.69, 9.17) is 14.2 Å². The van der Waals surface area contributed by atoms with Gasteiger partial charge < -0.3 is 24.5 Å². The van der Waals surface area contributed by atoms with Gasteiger partial charge >= 0.3 is 0 Å². The highest BCUT2D eigenvalue weighted by Crippen LogP contribution is 2.27. The van der Waals surface area contributed by atoms with Crippen LogP contribution in [0.15, 0.2) is 41.2 Å². The highest BCUT2D eigenvalue weighted by atomic mass is 32.2. The molecule has 3 saturated heterocycles. The molecule has 1 aromatic heterocycles. The Morgan fingerprint density at radius 2 is 1.78 bits per heavy atom. The van der Waals surface area contributed by atoms with Gasteiger partial charge in [0.15, 0.2) is 0 Å². The molecule has 1 atom stereocenters. The molecule has 0 radical (unpaired) electrons. The van der Waals surface area contributed by atoms with E-state index in [1.807, 2.05) is 24.3 Å². The number of carbonyl (C=O) groups is 2. The molecule has 0 bridgehead atoms. The van der Waals surface area contributed by atoms with Crippen molar-refractivity contribution in [2.24, 2.45) is 5.92 Å². The van der Waals surface area contributed by atoms with Crippen LogP contribution in [-0.4, -0.2) is 84.0 Å². The summed E-state index contributed by atoms with van der Waals surface area (Å²) >= 11 is 1.74. The zero-order valence-corrected chi connectivity index (χ0v) is 26.5. The average molecular weight is 654 g/mol. The first-order chi connectivity index (χ1) is 22.4. The Morgan fingerprint density at radius 1 is 1.00 bits per heavy atom. The summed E-state index contributed by atoms with van der Waals surface area (Å²) in [5.41, 5.74) is 0.649. The van der Waals surface area contributed by atoms with Crippen molar-refractivity contribution in [3.05, 3.63) is 58.4 Å². The Balaban J connectivity index is 0.921. The number of thioether (sulfide) groups is 1. The number of amides is 2. The van der Waals surface area contributed by atoms with Crippen LogP contribution in [0.5, 0.6) is 11.5 Å². The SMILES string of the molecule is O=C1CCC(Nc2ccc(OCCN3CCC(COc4cc(F)c5c(=O)[nH]c(CSC6CCOCC6)nc5c4)CC3)cc2)C(=O)N1. The Bertz CT molecular complexity index is 1570. The van der Waals surface area contributed by atoms with Crippen LogP contribution >= 0.6 is 11.8 Å². The van der Waals surface area contributed by atoms with Crippen molar-refractivity contribution in [3.63, 3.8) is 0 Å². The van der Waals surface area contributed by atoms with E-state index in [1.165, 1.54) is 6.07 Å².